The molecule has 0 radical (unpaired) electrons. The molecule has 2 N–H and O–H groups in total. The number of anilines is 1. The molecule has 1 unspecified atom stereocenters. The van der Waals surface area contributed by atoms with Crippen molar-refractivity contribution in [1.29, 1.82) is 0 Å². The summed E-state index contributed by atoms with van der Waals surface area (Å²) in [6.45, 7) is 6.57. The van der Waals surface area contributed by atoms with Crippen molar-refractivity contribution < 1.29 is 0 Å². The van der Waals surface area contributed by atoms with Gasteiger partial charge < -0.3 is 10.6 Å². The number of unbranched alkanes of at least 4 members (excludes halogenated alkanes) is 1. The average molecular weight is 292 g/mol. The molecule has 0 bridgehead atoms. The van der Waals surface area contributed by atoms with E-state index in [4.69, 9.17) is 18.0 Å². The minimum atomic E-state index is 0.604. The Bertz CT molecular complexity index is 378. The Kier molecular flexibility index (Phi) is 8.28. The van der Waals surface area contributed by atoms with Gasteiger partial charge in [0.15, 0.2) is 0 Å². The minimum absolute atomic E-state index is 0.604. The highest BCUT2D eigenvalue weighted by Crippen LogP contribution is 2.20. The van der Waals surface area contributed by atoms with Gasteiger partial charge in [0, 0.05) is 25.2 Å². The summed E-state index contributed by atoms with van der Waals surface area (Å²) < 4.78 is 0. The number of nitrogens with two attached hydrogens (primary N) is 1. The lowest BCUT2D eigenvalue weighted by molar-refractivity contribution is 0.447. The van der Waals surface area contributed by atoms with Crippen molar-refractivity contribution in [2.45, 2.75) is 46.0 Å². The number of rotatable bonds is 10. The Morgan fingerprint density at radius 3 is 2.50 bits per heavy atom. The fourth-order valence-corrected chi connectivity index (χ4v) is 2.53. The van der Waals surface area contributed by atoms with Gasteiger partial charge in [-0.25, -0.2) is 0 Å². The highest BCUT2D eigenvalue weighted by Gasteiger charge is 2.13. The molecule has 1 atom stereocenters. The zero-order chi connectivity index (χ0) is 14.8. The molecule has 112 valence electrons. The third kappa shape index (κ3) is 6.38. The summed E-state index contributed by atoms with van der Waals surface area (Å²) in [6.07, 6.45) is 5.92. The Labute approximate surface area is 129 Å². The van der Waals surface area contributed by atoms with Gasteiger partial charge in [-0.2, -0.15) is 0 Å². The molecule has 1 aromatic rings. The quantitative estimate of drug-likeness (QED) is 0.649. The molecule has 0 aliphatic rings. The van der Waals surface area contributed by atoms with Gasteiger partial charge in [0.05, 0.1) is 4.99 Å². The van der Waals surface area contributed by atoms with Gasteiger partial charge in [0.25, 0.3) is 0 Å². The number of benzene rings is 1. The van der Waals surface area contributed by atoms with Gasteiger partial charge in [-0.3, -0.25) is 0 Å². The lowest BCUT2D eigenvalue weighted by Crippen LogP contribution is -2.32. The molecular weight excluding hydrogens is 264 g/mol. The smallest absolute Gasteiger partial charge is 0.0745 e. The molecule has 0 heterocycles. The van der Waals surface area contributed by atoms with E-state index in [-0.39, 0.29) is 0 Å². The lowest BCUT2D eigenvalue weighted by atomic mass is 9.98. The van der Waals surface area contributed by atoms with E-state index in [9.17, 15) is 0 Å². The van der Waals surface area contributed by atoms with Crippen molar-refractivity contribution in [1.82, 2.24) is 0 Å². The predicted molar refractivity (Wildman–Crippen MR) is 93.4 cm³/mol. The molecule has 0 aromatic heterocycles. The van der Waals surface area contributed by atoms with Gasteiger partial charge >= 0.3 is 0 Å². The summed E-state index contributed by atoms with van der Waals surface area (Å²) >= 11 is 5.03. The number of hydrogen-bond acceptors (Lipinski definition) is 2. The lowest BCUT2D eigenvalue weighted by Gasteiger charge is -2.29. The van der Waals surface area contributed by atoms with Crippen molar-refractivity contribution in [3.05, 3.63) is 30.3 Å². The van der Waals surface area contributed by atoms with Crippen LogP contribution in [0, 0.1) is 5.92 Å². The fraction of sp³-hybridized carbons (Fsp3) is 0.588. The van der Waals surface area contributed by atoms with Crippen molar-refractivity contribution in [2.75, 3.05) is 18.0 Å². The van der Waals surface area contributed by atoms with Crippen molar-refractivity contribution in [3.8, 4) is 0 Å². The Morgan fingerprint density at radius 2 is 1.95 bits per heavy atom. The molecule has 0 saturated carbocycles. The van der Waals surface area contributed by atoms with Crippen LogP contribution in [0.25, 0.3) is 0 Å². The van der Waals surface area contributed by atoms with E-state index in [1.54, 1.807) is 0 Å². The molecule has 1 rings (SSSR count). The average Bonchev–Trinajstić information content (AvgIpc) is 2.47. The van der Waals surface area contributed by atoms with E-state index in [1.165, 1.54) is 31.4 Å². The highest BCUT2D eigenvalue weighted by atomic mass is 32.1. The summed E-state index contributed by atoms with van der Waals surface area (Å²) in [5.41, 5.74) is 6.94. The zero-order valence-electron chi connectivity index (χ0n) is 12.8. The third-order valence-corrected chi connectivity index (χ3v) is 3.98. The van der Waals surface area contributed by atoms with Crippen molar-refractivity contribution in [2.24, 2.45) is 11.7 Å². The van der Waals surface area contributed by atoms with Gasteiger partial charge in [-0.05, 0) is 24.5 Å². The topological polar surface area (TPSA) is 29.3 Å². The molecule has 0 fully saturated rings. The SMILES string of the molecule is CCCCC(CC)CN(CCC(N)=S)c1ccccc1. The molecule has 1 aromatic carbocycles. The second kappa shape index (κ2) is 9.76. The van der Waals surface area contributed by atoms with Crippen LogP contribution in [-0.4, -0.2) is 18.1 Å². The van der Waals surface area contributed by atoms with Gasteiger partial charge in [0.2, 0.25) is 0 Å². The van der Waals surface area contributed by atoms with Crippen LogP contribution < -0.4 is 10.6 Å². The fourth-order valence-electron chi connectivity index (χ4n) is 2.44. The highest BCUT2D eigenvalue weighted by molar-refractivity contribution is 7.80. The first-order valence-electron chi connectivity index (χ1n) is 7.75. The Balaban J connectivity index is 2.68. The summed E-state index contributed by atoms with van der Waals surface area (Å²) in [5, 5.41) is 0. The van der Waals surface area contributed by atoms with E-state index in [2.05, 4.69) is 49.1 Å². The molecule has 0 saturated heterocycles. The first kappa shape index (κ1) is 17.0. The van der Waals surface area contributed by atoms with Crippen LogP contribution >= 0.6 is 12.2 Å². The van der Waals surface area contributed by atoms with E-state index in [1.807, 2.05) is 0 Å². The Morgan fingerprint density at radius 1 is 1.25 bits per heavy atom. The predicted octanol–water partition coefficient (Wildman–Crippen LogP) is 4.39. The third-order valence-electron chi connectivity index (χ3n) is 3.77. The van der Waals surface area contributed by atoms with Crippen LogP contribution in [0.15, 0.2) is 30.3 Å². The minimum Gasteiger partial charge on any atom is -0.393 e. The van der Waals surface area contributed by atoms with Gasteiger partial charge in [-0.15, -0.1) is 0 Å². The second-order valence-electron chi connectivity index (χ2n) is 5.41. The number of thiocarbonyl (C=S) groups is 1. The van der Waals surface area contributed by atoms with Gasteiger partial charge in [0.1, 0.15) is 0 Å². The maximum absolute atomic E-state index is 5.67. The van der Waals surface area contributed by atoms with Crippen LogP contribution in [0.3, 0.4) is 0 Å². The Hall–Kier alpha value is -1.09. The largest absolute Gasteiger partial charge is 0.393 e. The molecule has 3 heteroatoms. The molecular formula is C17H28N2S. The molecule has 20 heavy (non-hydrogen) atoms. The number of nitrogens with zero attached hydrogens (tertiary/aromatic N) is 1. The number of para-hydroxylation sites is 1. The van der Waals surface area contributed by atoms with E-state index >= 15 is 0 Å². The first-order valence-corrected chi connectivity index (χ1v) is 8.16. The standard InChI is InChI=1S/C17H28N2S/c1-3-5-9-15(4-2)14-19(13-12-17(18)20)16-10-7-6-8-11-16/h6-8,10-11,15H,3-5,9,12-14H2,1-2H3,(H2,18,20). The molecule has 2 nitrogen and oxygen atoms in total. The first-order chi connectivity index (χ1) is 9.67. The van der Waals surface area contributed by atoms with Crippen LogP contribution in [0.4, 0.5) is 5.69 Å². The molecule has 0 aliphatic carbocycles. The summed E-state index contributed by atoms with van der Waals surface area (Å²) in [7, 11) is 0. The van der Waals surface area contributed by atoms with E-state index < -0.39 is 0 Å². The van der Waals surface area contributed by atoms with Crippen LogP contribution in [0.1, 0.15) is 46.0 Å². The summed E-state index contributed by atoms with van der Waals surface area (Å²) in [6, 6.07) is 10.6. The van der Waals surface area contributed by atoms with Crippen LogP contribution in [0.5, 0.6) is 0 Å². The number of hydrogen-bond donors (Lipinski definition) is 1. The molecule has 0 spiro atoms. The van der Waals surface area contributed by atoms with Crippen molar-refractivity contribution in [3.63, 3.8) is 0 Å². The summed E-state index contributed by atoms with van der Waals surface area (Å²) in [4.78, 5) is 3.04. The maximum Gasteiger partial charge on any atom is 0.0745 e. The summed E-state index contributed by atoms with van der Waals surface area (Å²) in [5.74, 6) is 0.751. The maximum atomic E-state index is 5.67. The zero-order valence-corrected chi connectivity index (χ0v) is 13.7. The van der Waals surface area contributed by atoms with E-state index in [0.717, 1.165) is 25.4 Å². The van der Waals surface area contributed by atoms with Crippen LogP contribution in [0.2, 0.25) is 0 Å². The van der Waals surface area contributed by atoms with Gasteiger partial charge in [-0.1, -0.05) is 63.5 Å². The second-order valence-corrected chi connectivity index (χ2v) is 5.94. The van der Waals surface area contributed by atoms with Crippen LogP contribution in [-0.2, 0) is 0 Å². The van der Waals surface area contributed by atoms with E-state index in [0.29, 0.717) is 4.99 Å². The normalized spacial score (nSPS) is 12.1. The van der Waals surface area contributed by atoms with Crippen molar-refractivity contribution >= 4 is 22.9 Å². The molecule has 0 amide bonds. The molecule has 0 aliphatic heterocycles. The monoisotopic (exact) mass is 292 g/mol.